The minimum atomic E-state index is -0.778. The van der Waals surface area contributed by atoms with E-state index in [1.165, 1.54) is 29.3 Å². The predicted octanol–water partition coefficient (Wildman–Crippen LogP) is 4.91. The molecule has 1 unspecified atom stereocenters. The molecule has 4 heteroatoms. The van der Waals surface area contributed by atoms with E-state index in [1.807, 2.05) is 6.92 Å². The van der Waals surface area contributed by atoms with Crippen molar-refractivity contribution in [3.63, 3.8) is 0 Å². The van der Waals surface area contributed by atoms with Crippen LogP contribution in [0.1, 0.15) is 64.1 Å². The number of aromatic nitrogens is 1. The van der Waals surface area contributed by atoms with Gasteiger partial charge in [0.2, 0.25) is 0 Å². The summed E-state index contributed by atoms with van der Waals surface area (Å²) in [7, 11) is 1.48. The van der Waals surface area contributed by atoms with Crippen molar-refractivity contribution in [2.75, 3.05) is 7.11 Å². The van der Waals surface area contributed by atoms with Crippen LogP contribution in [0.25, 0.3) is 10.9 Å². The SMILES string of the molecule is CCCCn1c2c(c3ccccc31)C(C)=NC(CCCC)(C(=O)OC)C2. The molecule has 2 heterocycles. The first-order valence-electron chi connectivity index (χ1n) is 9.83. The smallest absolute Gasteiger partial charge is 0.334 e. The van der Waals surface area contributed by atoms with E-state index < -0.39 is 5.54 Å². The number of carbonyl (C=O) groups is 1. The molecular weight excluding hydrogens is 324 g/mol. The highest BCUT2D eigenvalue weighted by Gasteiger charge is 2.44. The van der Waals surface area contributed by atoms with Crippen molar-refractivity contribution < 1.29 is 9.53 Å². The first kappa shape index (κ1) is 18.7. The van der Waals surface area contributed by atoms with E-state index in [4.69, 9.17) is 9.73 Å². The van der Waals surface area contributed by atoms with Crippen LogP contribution in [0.4, 0.5) is 0 Å². The zero-order valence-corrected chi connectivity index (χ0v) is 16.5. The van der Waals surface area contributed by atoms with Crippen LogP contribution in [-0.4, -0.2) is 28.9 Å². The summed E-state index contributed by atoms with van der Waals surface area (Å²) >= 11 is 0. The molecule has 2 aromatic rings. The van der Waals surface area contributed by atoms with Crippen molar-refractivity contribution in [2.45, 2.75) is 71.4 Å². The van der Waals surface area contributed by atoms with Crippen LogP contribution in [-0.2, 0) is 22.5 Å². The zero-order valence-electron chi connectivity index (χ0n) is 16.5. The number of esters is 1. The second-order valence-corrected chi connectivity index (χ2v) is 7.34. The predicted molar refractivity (Wildman–Crippen MR) is 107 cm³/mol. The third-order valence-corrected chi connectivity index (χ3v) is 5.53. The van der Waals surface area contributed by atoms with E-state index in [0.717, 1.165) is 44.4 Å². The fourth-order valence-electron chi connectivity index (χ4n) is 4.23. The molecule has 1 aromatic heterocycles. The van der Waals surface area contributed by atoms with Crippen LogP contribution < -0.4 is 0 Å². The van der Waals surface area contributed by atoms with E-state index in [1.54, 1.807) is 0 Å². The lowest BCUT2D eigenvalue weighted by atomic mass is 9.83. The quantitative estimate of drug-likeness (QED) is 0.663. The average Bonchev–Trinajstić information content (AvgIpc) is 2.97. The van der Waals surface area contributed by atoms with Crippen molar-refractivity contribution >= 4 is 22.6 Å². The van der Waals surface area contributed by atoms with Crippen LogP contribution in [0, 0.1) is 0 Å². The Morgan fingerprint density at radius 1 is 1.23 bits per heavy atom. The Balaban J connectivity index is 2.18. The molecule has 1 atom stereocenters. The van der Waals surface area contributed by atoms with Gasteiger partial charge in [-0.2, -0.15) is 0 Å². The van der Waals surface area contributed by atoms with Gasteiger partial charge in [0.05, 0.1) is 7.11 Å². The van der Waals surface area contributed by atoms with Crippen molar-refractivity contribution in [3.8, 4) is 0 Å². The first-order valence-corrected chi connectivity index (χ1v) is 9.83. The molecule has 0 saturated heterocycles. The molecule has 0 saturated carbocycles. The van der Waals surface area contributed by atoms with Gasteiger partial charge in [0.1, 0.15) is 0 Å². The Hall–Kier alpha value is -2.10. The van der Waals surface area contributed by atoms with E-state index in [2.05, 4.69) is 42.7 Å². The third kappa shape index (κ3) is 3.06. The molecule has 1 aliphatic rings. The largest absolute Gasteiger partial charge is 0.467 e. The summed E-state index contributed by atoms with van der Waals surface area (Å²) in [5, 5.41) is 1.24. The molecule has 0 N–H and O–H groups in total. The number of benzene rings is 1. The van der Waals surface area contributed by atoms with E-state index in [-0.39, 0.29) is 5.97 Å². The standard InChI is InChI=1S/C22H30N2O2/c1-5-7-13-22(21(25)26-4)15-19-20(16(3)23-22)17-11-9-10-12-18(17)24(19)14-8-6-2/h9-12H,5-8,13-15H2,1-4H3. The molecule has 0 radical (unpaired) electrons. The zero-order chi connectivity index (χ0) is 18.7. The molecule has 1 aromatic carbocycles. The Kier molecular flexibility index (Phi) is 5.49. The fourth-order valence-corrected chi connectivity index (χ4v) is 4.23. The van der Waals surface area contributed by atoms with Crippen molar-refractivity contribution in [1.82, 2.24) is 4.57 Å². The lowest BCUT2D eigenvalue weighted by Crippen LogP contribution is -2.44. The lowest BCUT2D eigenvalue weighted by molar-refractivity contribution is -0.147. The molecule has 26 heavy (non-hydrogen) atoms. The Morgan fingerprint density at radius 3 is 2.65 bits per heavy atom. The van der Waals surface area contributed by atoms with Crippen LogP contribution in [0.2, 0.25) is 0 Å². The Bertz CT molecular complexity index is 834. The molecule has 3 rings (SSSR count). The van der Waals surface area contributed by atoms with Crippen molar-refractivity contribution in [1.29, 1.82) is 0 Å². The van der Waals surface area contributed by atoms with Gasteiger partial charge in [-0.3, -0.25) is 4.99 Å². The molecular formula is C22H30N2O2. The number of hydrogen-bond donors (Lipinski definition) is 0. The van der Waals surface area contributed by atoms with E-state index in [9.17, 15) is 4.79 Å². The molecule has 0 spiro atoms. The highest BCUT2D eigenvalue weighted by atomic mass is 16.5. The molecule has 140 valence electrons. The maximum atomic E-state index is 12.8. The molecule has 0 bridgehead atoms. The summed E-state index contributed by atoms with van der Waals surface area (Å²) in [5.74, 6) is -0.205. The van der Waals surface area contributed by atoms with Gasteiger partial charge in [0, 0.05) is 40.8 Å². The molecule has 0 aliphatic carbocycles. The summed E-state index contributed by atoms with van der Waals surface area (Å²) in [5.41, 5.74) is 3.89. The van der Waals surface area contributed by atoms with Crippen LogP contribution in [0.15, 0.2) is 29.3 Å². The maximum absolute atomic E-state index is 12.8. The number of carbonyl (C=O) groups excluding carboxylic acids is 1. The number of nitrogens with zero attached hydrogens (tertiary/aromatic N) is 2. The Labute approximate surface area is 156 Å². The highest BCUT2D eigenvalue weighted by Crippen LogP contribution is 2.38. The van der Waals surface area contributed by atoms with Gasteiger partial charge in [-0.15, -0.1) is 0 Å². The average molecular weight is 354 g/mol. The van der Waals surface area contributed by atoms with E-state index >= 15 is 0 Å². The Morgan fingerprint density at radius 2 is 1.96 bits per heavy atom. The summed E-state index contributed by atoms with van der Waals surface area (Å²) in [6.45, 7) is 7.38. The van der Waals surface area contributed by atoms with Crippen molar-refractivity contribution in [3.05, 3.63) is 35.5 Å². The number of aliphatic imine (C=N–C) groups is 1. The van der Waals surface area contributed by atoms with E-state index in [0.29, 0.717) is 6.42 Å². The number of fused-ring (bicyclic) bond motifs is 3. The molecule has 0 fully saturated rings. The first-order chi connectivity index (χ1) is 12.6. The second kappa shape index (κ2) is 7.65. The number of hydrogen-bond acceptors (Lipinski definition) is 3. The fraction of sp³-hybridized carbons (Fsp3) is 0.545. The van der Waals surface area contributed by atoms with Crippen LogP contribution in [0.3, 0.4) is 0 Å². The normalized spacial score (nSPS) is 19.3. The number of ether oxygens (including phenoxy) is 1. The van der Waals surface area contributed by atoms with Gasteiger partial charge >= 0.3 is 5.97 Å². The van der Waals surface area contributed by atoms with Gasteiger partial charge in [0.25, 0.3) is 0 Å². The minimum Gasteiger partial charge on any atom is -0.467 e. The second-order valence-electron chi connectivity index (χ2n) is 7.34. The monoisotopic (exact) mass is 354 g/mol. The van der Waals surface area contributed by atoms with Crippen molar-refractivity contribution in [2.24, 2.45) is 4.99 Å². The number of para-hydroxylation sites is 1. The highest BCUT2D eigenvalue weighted by molar-refractivity contribution is 6.13. The lowest BCUT2D eigenvalue weighted by Gasteiger charge is -2.32. The van der Waals surface area contributed by atoms with Gasteiger partial charge in [-0.05, 0) is 25.8 Å². The molecule has 1 aliphatic heterocycles. The third-order valence-electron chi connectivity index (χ3n) is 5.53. The maximum Gasteiger partial charge on any atom is 0.334 e. The van der Waals surface area contributed by atoms with Crippen LogP contribution >= 0.6 is 0 Å². The van der Waals surface area contributed by atoms with Gasteiger partial charge in [-0.25, -0.2) is 4.79 Å². The number of methoxy groups -OCH3 is 1. The molecule has 0 amide bonds. The summed E-state index contributed by atoms with van der Waals surface area (Å²) in [6.07, 6.45) is 5.65. The summed E-state index contributed by atoms with van der Waals surface area (Å²) in [6, 6.07) is 8.53. The van der Waals surface area contributed by atoms with Gasteiger partial charge in [-0.1, -0.05) is 51.3 Å². The molecule has 4 nitrogen and oxygen atoms in total. The number of rotatable bonds is 7. The van der Waals surface area contributed by atoms with Gasteiger partial charge < -0.3 is 9.30 Å². The number of aryl methyl sites for hydroxylation is 1. The topological polar surface area (TPSA) is 43.6 Å². The van der Waals surface area contributed by atoms with Gasteiger partial charge in [0.15, 0.2) is 5.54 Å². The summed E-state index contributed by atoms with van der Waals surface area (Å²) in [4.78, 5) is 17.7. The van der Waals surface area contributed by atoms with Crippen LogP contribution in [0.5, 0.6) is 0 Å². The summed E-state index contributed by atoms with van der Waals surface area (Å²) < 4.78 is 7.61. The minimum absolute atomic E-state index is 0.205. The number of unbranched alkanes of at least 4 members (excludes halogenated alkanes) is 2.